The lowest BCUT2D eigenvalue weighted by Crippen LogP contribution is -2.14. The molecule has 0 aliphatic heterocycles. The molecule has 5 N–H and O–H groups in total. The van der Waals surface area contributed by atoms with Crippen molar-refractivity contribution in [1.29, 1.82) is 0 Å². The first-order valence-electron chi connectivity index (χ1n) is 7.26. The van der Waals surface area contributed by atoms with E-state index in [1.54, 1.807) is 0 Å². The van der Waals surface area contributed by atoms with Crippen LogP contribution in [0.25, 0.3) is 0 Å². The Bertz CT molecular complexity index is 919. The van der Waals surface area contributed by atoms with Gasteiger partial charge in [0.25, 0.3) is 5.91 Å². The van der Waals surface area contributed by atoms with Crippen molar-refractivity contribution in [2.45, 2.75) is 6.92 Å². The fraction of sp³-hybridized carbons (Fsp3) is 0.0588. The third-order valence-electron chi connectivity index (χ3n) is 3.30. The van der Waals surface area contributed by atoms with Crippen LogP contribution < -0.4 is 15.8 Å². The number of nitrogens with two attached hydrogens (primary N) is 1. The number of nitrogens with one attached hydrogen (secondary N) is 1. The molecule has 0 saturated heterocycles. The Morgan fingerprint density at radius 1 is 1.24 bits per heavy atom. The van der Waals surface area contributed by atoms with Crippen molar-refractivity contribution in [2.24, 2.45) is 0 Å². The third kappa shape index (κ3) is 3.64. The van der Waals surface area contributed by atoms with Crippen molar-refractivity contribution in [3.05, 3.63) is 53.0 Å². The highest BCUT2D eigenvalue weighted by atomic mass is 32.1. The van der Waals surface area contributed by atoms with Gasteiger partial charge in [0.15, 0.2) is 16.6 Å². The number of aromatic nitrogens is 1. The summed E-state index contributed by atoms with van der Waals surface area (Å²) in [7, 11) is 0. The predicted molar refractivity (Wildman–Crippen MR) is 95.5 cm³/mol. The van der Waals surface area contributed by atoms with Crippen LogP contribution in [0.1, 0.15) is 16.1 Å². The number of phenols is 2. The number of carbonyl (C=O) groups excluding carboxylic acids is 1. The molecule has 0 radical (unpaired) electrons. The molecule has 3 rings (SSSR count). The lowest BCUT2D eigenvalue weighted by Gasteiger charge is -2.11. The van der Waals surface area contributed by atoms with Crippen LogP contribution in [0.2, 0.25) is 0 Å². The lowest BCUT2D eigenvalue weighted by molar-refractivity contribution is 0.102. The molecule has 0 fully saturated rings. The number of benzene rings is 2. The number of aromatic hydroxyl groups is 2. The summed E-state index contributed by atoms with van der Waals surface area (Å²) in [5.74, 6) is -0.735. The average Bonchev–Trinajstić information content (AvgIpc) is 2.97. The Hall–Kier alpha value is -3.26. The number of amides is 1. The van der Waals surface area contributed by atoms with Crippen LogP contribution in [0.4, 0.5) is 10.8 Å². The number of hydrogen-bond donors (Lipinski definition) is 4. The second-order valence-electron chi connectivity index (χ2n) is 5.22. The molecule has 25 heavy (non-hydrogen) atoms. The number of nitrogen functional groups attached to an aromatic ring is 1. The summed E-state index contributed by atoms with van der Waals surface area (Å²) in [4.78, 5) is 16.6. The normalized spacial score (nSPS) is 10.4. The Balaban J connectivity index is 1.86. The van der Waals surface area contributed by atoms with E-state index in [1.807, 2.05) is 12.3 Å². The van der Waals surface area contributed by atoms with Crippen molar-refractivity contribution in [3.8, 4) is 23.0 Å². The molecule has 0 unspecified atom stereocenters. The van der Waals surface area contributed by atoms with Crippen LogP contribution in [-0.2, 0) is 0 Å². The number of para-hydroxylation sites is 1. The molecule has 2 aromatic carbocycles. The molecule has 0 aliphatic rings. The van der Waals surface area contributed by atoms with Gasteiger partial charge in [-0.05, 0) is 37.3 Å². The first-order valence-corrected chi connectivity index (χ1v) is 8.14. The molecule has 8 heteroatoms. The van der Waals surface area contributed by atoms with Crippen LogP contribution in [0.5, 0.6) is 23.0 Å². The molecular weight excluding hydrogens is 342 g/mol. The van der Waals surface area contributed by atoms with Crippen molar-refractivity contribution < 1.29 is 19.7 Å². The number of aryl methyl sites for hydroxylation is 1. The summed E-state index contributed by atoms with van der Waals surface area (Å²) in [6, 6.07) is 8.71. The van der Waals surface area contributed by atoms with Gasteiger partial charge in [-0.25, -0.2) is 4.98 Å². The predicted octanol–water partition coefficient (Wildman–Crippen LogP) is 3.49. The van der Waals surface area contributed by atoms with Crippen LogP contribution >= 0.6 is 11.3 Å². The van der Waals surface area contributed by atoms with E-state index in [-0.39, 0.29) is 34.2 Å². The summed E-state index contributed by atoms with van der Waals surface area (Å²) < 4.78 is 5.49. The minimum absolute atomic E-state index is 0.103. The number of anilines is 2. The van der Waals surface area contributed by atoms with Crippen LogP contribution in [0.3, 0.4) is 0 Å². The molecule has 1 heterocycles. The topological polar surface area (TPSA) is 118 Å². The molecule has 0 saturated carbocycles. The van der Waals surface area contributed by atoms with Crippen LogP contribution in [0.15, 0.2) is 41.8 Å². The minimum atomic E-state index is -0.432. The van der Waals surface area contributed by atoms with Crippen LogP contribution in [0, 0.1) is 6.92 Å². The highest BCUT2D eigenvalue weighted by Crippen LogP contribution is 2.39. The van der Waals surface area contributed by atoms with Gasteiger partial charge in [0, 0.05) is 11.1 Å². The average molecular weight is 357 g/mol. The smallest absolute Gasteiger partial charge is 0.259 e. The van der Waals surface area contributed by atoms with E-state index >= 15 is 0 Å². The number of ether oxygens (including phenoxy) is 1. The summed E-state index contributed by atoms with van der Waals surface area (Å²) in [5, 5.41) is 24.5. The SMILES string of the molecule is Cc1csc(NC(=O)c2cc(Oc3c(O)cccc3O)ccc2N)n1. The first-order chi connectivity index (χ1) is 11.9. The summed E-state index contributed by atoms with van der Waals surface area (Å²) in [6.45, 7) is 1.83. The van der Waals surface area contributed by atoms with E-state index in [0.717, 1.165) is 5.69 Å². The van der Waals surface area contributed by atoms with E-state index < -0.39 is 5.91 Å². The molecule has 3 aromatic rings. The molecular formula is C17H15N3O4S. The fourth-order valence-corrected chi connectivity index (χ4v) is 2.79. The van der Waals surface area contributed by atoms with Gasteiger partial charge in [-0.3, -0.25) is 10.1 Å². The zero-order chi connectivity index (χ0) is 18.0. The lowest BCUT2D eigenvalue weighted by atomic mass is 10.1. The van der Waals surface area contributed by atoms with Gasteiger partial charge in [0.05, 0.1) is 11.3 Å². The zero-order valence-corrected chi connectivity index (χ0v) is 14.0. The molecule has 0 bridgehead atoms. The summed E-state index contributed by atoms with van der Waals surface area (Å²) >= 11 is 1.31. The van der Waals surface area contributed by atoms with Gasteiger partial charge in [0.2, 0.25) is 5.75 Å². The van der Waals surface area contributed by atoms with Crippen molar-refractivity contribution in [3.63, 3.8) is 0 Å². The van der Waals surface area contributed by atoms with E-state index in [4.69, 9.17) is 10.5 Å². The van der Waals surface area contributed by atoms with Gasteiger partial charge in [0.1, 0.15) is 5.75 Å². The molecule has 0 spiro atoms. The maximum absolute atomic E-state index is 12.4. The Morgan fingerprint density at radius 2 is 1.96 bits per heavy atom. The van der Waals surface area contributed by atoms with Crippen molar-refractivity contribution >= 4 is 28.1 Å². The maximum Gasteiger partial charge on any atom is 0.259 e. The third-order valence-corrected chi connectivity index (χ3v) is 4.18. The monoisotopic (exact) mass is 357 g/mol. The van der Waals surface area contributed by atoms with Gasteiger partial charge in [-0.2, -0.15) is 0 Å². The molecule has 128 valence electrons. The Kier molecular flexibility index (Phi) is 4.44. The molecule has 1 amide bonds. The van der Waals surface area contributed by atoms with Crippen molar-refractivity contribution in [1.82, 2.24) is 4.98 Å². The summed E-state index contributed by atoms with van der Waals surface area (Å²) in [5.41, 5.74) is 7.13. The second-order valence-corrected chi connectivity index (χ2v) is 6.08. The molecule has 7 nitrogen and oxygen atoms in total. The van der Waals surface area contributed by atoms with Gasteiger partial charge >= 0.3 is 0 Å². The van der Waals surface area contributed by atoms with Crippen molar-refractivity contribution in [2.75, 3.05) is 11.1 Å². The quantitative estimate of drug-likeness (QED) is 0.531. The zero-order valence-electron chi connectivity index (χ0n) is 13.2. The van der Waals surface area contributed by atoms with E-state index in [9.17, 15) is 15.0 Å². The van der Waals surface area contributed by atoms with Crippen LogP contribution in [-0.4, -0.2) is 21.1 Å². The largest absolute Gasteiger partial charge is 0.504 e. The van der Waals surface area contributed by atoms with Gasteiger partial charge in [-0.15, -0.1) is 11.3 Å². The maximum atomic E-state index is 12.4. The first kappa shape index (κ1) is 16.6. The highest BCUT2D eigenvalue weighted by molar-refractivity contribution is 7.13. The number of carbonyl (C=O) groups is 1. The molecule has 1 aromatic heterocycles. The minimum Gasteiger partial charge on any atom is -0.504 e. The molecule has 0 atom stereocenters. The number of rotatable bonds is 4. The fourth-order valence-electron chi connectivity index (χ4n) is 2.11. The van der Waals surface area contributed by atoms with Gasteiger partial charge < -0.3 is 20.7 Å². The number of nitrogens with zero attached hydrogens (tertiary/aromatic N) is 1. The Labute approximate surface area is 147 Å². The van der Waals surface area contributed by atoms with E-state index in [2.05, 4.69) is 10.3 Å². The Morgan fingerprint density at radius 3 is 2.60 bits per heavy atom. The number of hydrogen-bond acceptors (Lipinski definition) is 7. The highest BCUT2D eigenvalue weighted by Gasteiger charge is 2.15. The standard InChI is InChI=1S/C17H15N3O4S/c1-9-8-25-17(19-9)20-16(23)11-7-10(5-6-12(11)18)24-15-13(21)3-2-4-14(15)22/h2-8,21-22H,18H2,1H3,(H,19,20,23). The van der Waals surface area contributed by atoms with Gasteiger partial charge in [-0.1, -0.05) is 6.07 Å². The molecule has 0 aliphatic carbocycles. The van der Waals surface area contributed by atoms with E-state index in [1.165, 1.54) is 47.7 Å². The second kappa shape index (κ2) is 6.70. The van der Waals surface area contributed by atoms with E-state index in [0.29, 0.717) is 5.13 Å². The summed E-state index contributed by atoms with van der Waals surface area (Å²) in [6.07, 6.45) is 0. The number of thiazole rings is 1. The number of phenolic OH excluding ortho intramolecular Hbond substituents is 2.